The van der Waals surface area contributed by atoms with Crippen molar-refractivity contribution in [3.05, 3.63) is 104 Å². The summed E-state index contributed by atoms with van der Waals surface area (Å²) in [5.74, 6) is 0.539. The van der Waals surface area contributed by atoms with E-state index in [-0.39, 0.29) is 22.7 Å². The number of ether oxygens (including phenoxy) is 1. The molecule has 0 spiro atoms. The summed E-state index contributed by atoms with van der Waals surface area (Å²) >= 11 is 0. The highest BCUT2D eigenvalue weighted by Crippen LogP contribution is 2.31. The fourth-order valence-corrected chi connectivity index (χ4v) is 4.80. The lowest BCUT2D eigenvalue weighted by atomic mass is 10.0. The maximum absolute atomic E-state index is 14.0. The molecule has 0 aliphatic rings. The lowest BCUT2D eigenvalue weighted by molar-refractivity contribution is -0.385. The topological polar surface area (TPSA) is 108 Å². The molecule has 1 heterocycles. The molecule has 0 bridgehead atoms. The van der Waals surface area contributed by atoms with Gasteiger partial charge in [0.05, 0.1) is 34.7 Å². The Balaban J connectivity index is 1.96. The van der Waals surface area contributed by atoms with Gasteiger partial charge in [0.1, 0.15) is 11.6 Å². The lowest BCUT2D eigenvalue weighted by Crippen LogP contribution is -2.39. The van der Waals surface area contributed by atoms with Crippen LogP contribution in [0.2, 0.25) is 0 Å². The maximum atomic E-state index is 14.0. The SMILES string of the molecule is CCCCN(C(=O)c1ccc(C)c([N+](=O)[O-])c1)C(CC)c1nc2ccccc2c(=O)n1-c1ccccc1OC. The molecule has 1 atom stereocenters. The third-order valence-electron chi connectivity index (χ3n) is 6.85. The zero-order chi connectivity index (χ0) is 28.1. The molecule has 0 aliphatic heterocycles. The molecule has 1 amide bonds. The fraction of sp³-hybridized carbons (Fsp3) is 0.300. The quantitative estimate of drug-likeness (QED) is 0.184. The van der Waals surface area contributed by atoms with E-state index in [1.54, 1.807) is 54.3 Å². The van der Waals surface area contributed by atoms with Crippen LogP contribution in [0.3, 0.4) is 0 Å². The standard InChI is InChI=1S/C30H32N4O5/c1-5-7-18-32(29(35)21-17-16-20(3)26(19-21)34(37)38)24(6-2)28-31-23-13-9-8-12-22(23)30(36)33(28)25-14-10-11-15-27(25)39-4/h8-17,19,24H,5-7,18H2,1-4H3. The minimum Gasteiger partial charge on any atom is -0.495 e. The van der Waals surface area contributed by atoms with Gasteiger partial charge >= 0.3 is 0 Å². The number of nitrogens with zero attached hydrogens (tertiary/aromatic N) is 4. The van der Waals surface area contributed by atoms with E-state index in [9.17, 15) is 19.7 Å². The predicted octanol–water partition coefficient (Wildman–Crippen LogP) is 6.00. The summed E-state index contributed by atoms with van der Waals surface area (Å²) in [7, 11) is 1.54. The summed E-state index contributed by atoms with van der Waals surface area (Å²) in [5, 5.41) is 12.0. The molecule has 1 aromatic heterocycles. The van der Waals surface area contributed by atoms with Gasteiger partial charge in [0.15, 0.2) is 0 Å². The molecule has 0 saturated heterocycles. The van der Waals surface area contributed by atoms with Gasteiger partial charge in [0, 0.05) is 23.7 Å². The Kier molecular flexibility index (Phi) is 8.39. The number of carbonyl (C=O) groups excluding carboxylic acids is 1. The van der Waals surface area contributed by atoms with Gasteiger partial charge in [-0.05, 0) is 50.1 Å². The average molecular weight is 529 g/mol. The summed E-state index contributed by atoms with van der Waals surface area (Å²) < 4.78 is 7.12. The number of benzene rings is 3. The normalized spacial score (nSPS) is 11.8. The van der Waals surface area contributed by atoms with Gasteiger partial charge in [-0.2, -0.15) is 0 Å². The molecule has 39 heavy (non-hydrogen) atoms. The smallest absolute Gasteiger partial charge is 0.273 e. The third kappa shape index (κ3) is 5.38. The Morgan fingerprint density at radius 3 is 2.51 bits per heavy atom. The van der Waals surface area contributed by atoms with Crippen molar-refractivity contribution < 1.29 is 14.5 Å². The molecule has 1 unspecified atom stereocenters. The zero-order valence-corrected chi connectivity index (χ0v) is 22.6. The van der Waals surface area contributed by atoms with Crippen molar-refractivity contribution in [1.29, 1.82) is 0 Å². The van der Waals surface area contributed by atoms with Crippen LogP contribution >= 0.6 is 0 Å². The van der Waals surface area contributed by atoms with Gasteiger partial charge in [0.25, 0.3) is 17.2 Å². The first-order valence-electron chi connectivity index (χ1n) is 13.0. The molecule has 4 rings (SSSR count). The largest absolute Gasteiger partial charge is 0.495 e. The second-order valence-electron chi connectivity index (χ2n) is 9.33. The van der Waals surface area contributed by atoms with Crippen LogP contribution in [0.4, 0.5) is 5.69 Å². The van der Waals surface area contributed by atoms with Crippen LogP contribution in [-0.4, -0.2) is 38.9 Å². The first-order chi connectivity index (χ1) is 18.8. The molecule has 202 valence electrons. The number of carbonyl (C=O) groups is 1. The number of unbranched alkanes of at least 4 members (excludes halogenated alkanes) is 1. The van der Waals surface area contributed by atoms with Gasteiger partial charge in [-0.25, -0.2) is 4.98 Å². The Labute approximate surface area is 226 Å². The molecular formula is C30H32N4O5. The number of para-hydroxylation sites is 3. The zero-order valence-electron chi connectivity index (χ0n) is 22.6. The molecule has 9 nitrogen and oxygen atoms in total. The van der Waals surface area contributed by atoms with Crippen molar-refractivity contribution in [1.82, 2.24) is 14.5 Å². The Morgan fingerprint density at radius 1 is 1.10 bits per heavy atom. The number of fused-ring (bicyclic) bond motifs is 1. The van der Waals surface area contributed by atoms with Crippen LogP contribution in [-0.2, 0) is 0 Å². The monoisotopic (exact) mass is 528 g/mol. The Bertz CT molecular complexity index is 1580. The molecule has 0 saturated carbocycles. The average Bonchev–Trinajstić information content (AvgIpc) is 2.95. The molecule has 0 radical (unpaired) electrons. The number of hydrogen-bond acceptors (Lipinski definition) is 6. The van der Waals surface area contributed by atoms with Crippen molar-refractivity contribution in [3.63, 3.8) is 0 Å². The van der Waals surface area contributed by atoms with Gasteiger partial charge in [-0.3, -0.25) is 24.3 Å². The van der Waals surface area contributed by atoms with E-state index < -0.39 is 11.0 Å². The maximum Gasteiger partial charge on any atom is 0.273 e. The van der Waals surface area contributed by atoms with Gasteiger partial charge in [-0.15, -0.1) is 0 Å². The third-order valence-corrected chi connectivity index (χ3v) is 6.85. The lowest BCUT2D eigenvalue weighted by Gasteiger charge is -2.32. The summed E-state index contributed by atoms with van der Waals surface area (Å²) in [4.78, 5) is 45.7. The van der Waals surface area contributed by atoms with Crippen LogP contribution in [0.15, 0.2) is 71.5 Å². The molecule has 0 aliphatic carbocycles. The molecular weight excluding hydrogens is 496 g/mol. The number of aryl methyl sites for hydroxylation is 1. The van der Waals surface area contributed by atoms with E-state index >= 15 is 0 Å². The van der Waals surface area contributed by atoms with E-state index in [0.717, 1.165) is 6.42 Å². The van der Waals surface area contributed by atoms with Crippen LogP contribution in [0.25, 0.3) is 16.6 Å². The van der Waals surface area contributed by atoms with Crippen LogP contribution in [0.1, 0.15) is 60.9 Å². The minimum absolute atomic E-state index is 0.112. The minimum atomic E-state index is -0.591. The summed E-state index contributed by atoms with van der Waals surface area (Å²) in [5.41, 5.74) is 1.35. The van der Waals surface area contributed by atoms with Crippen molar-refractivity contribution in [2.24, 2.45) is 0 Å². The van der Waals surface area contributed by atoms with Crippen molar-refractivity contribution in [2.45, 2.75) is 46.1 Å². The summed E-state index contributed by atoms with van der Waals surface area (Å²) in [6.07, 6.45) is 2.00. The van der Waals surface area contributed by atoms with Crippen LogP contribution in [0.5, 0.6) is 5.75 Å². The predicted molar refractivity (Wildman–Crippen MR) is 151 cm³/mol. The number of amides is 1. The summed E-state index contributed by atoms with van der Waals surface area (Å²) in [6, 6.07) is 18.2. The number of nitro groups is 1. The van der Waals surface area contributed by atoms with Gasteiger partial charge in [-0.1, -0.05) is 50.6 Å². The molecule has 0 N–H and O–H groups in total. The molecule has 0 fully saturated rings. The number of methoxy groups -OCH3 is 1. The second-order valence-corrected chi connectivity index (χ2v) is 9.33. The molecule has 4 aromatic rings. The van der Waals surface area contributed by atoms with Crippen LogP contribution in [0, 0.1) is 17.0 Å². The van der Waals surface area contributed by atoms with E-state index in [4.69, 9.17) is 9.72 Å². The number of nitro benzene ring substituents is 1. The van der Waals surface area contributed by atoms with E-state index in [2.05, 4.69) is 0 Å². The fourth-order valence-electron chi connectivity index (χ4n) is 4.80. The Hall–Kier alpha value is -4.53. The van der Waals surface area contributed by atoms with Crippen molar-refractivity contribution in [2.75, 3.05) is 13.7 Å². The van der Waals surface area contributed by atoms with Gasteiger partial charge < -0.3 is 9.64 Å². The highest BCUT2D eigenvalue weighted by Gasteiger charge is 2.31. The number of hydrogen-bond donors (Lipinski definition) is 0. The van der Waals surface area contributed by atoms with Gasteiger partial charge in [0.2, 0.25) is 0 Å². The van der Waals surface area contributed by atoms with Crippen molar-refractivity contribution in [3.8, 4) is 11.4 Å². The van der Waals surface area contributed by atoms with E-state index in [0.29, 0.717) is 53.1 Å². The Morgan fingerprint density at radius 2 is 1.82 bits per heavy atom. The number of rotatable bonds is 10. The van der Waals surface area contributed by atoms with E-state index in [1.807, 2.05) is 32.0 Å². The highest BCUT2D eigenvalue weighted by atomic mass is 16.6. The summed E-state index contributed by atoms with van der Waals surface area (Å²) in [6.45, 7) is 5.99. The molecule has 9 heteroatoms. The molecule has 3 aromatic carbocycles. The first-order valence-corrected chi connectivity index (χ1v) is 13.0. The first kappa shape index (κ1) is 27.5. The van der Waals surface area contributed by atoms with Crippen LogP contribution < -0.4 is 10.3 Å². The highest BCUT2D eigenvalue weighted by molar-refractivity contribution is 5.95. The van der Waals surface area contributed by atoms with E-state index in [1.165, 1.54) is 17.7 Å². The number of aromatic nitrogens is 2. The second kappa shape index (κ2) is 11.9. The van der Waals surface area contributed by atoms with Crippen molar-refractivity contribution >= 4 is 22.5 Å².